The van der Waals surface area contributed by atoms with Crippen LogP contribution in [0.4, 0.5) is 0 Å². The first-order chi connectivity index (χ1) is 12.8. The molecule has 5 nitrogen and oxygen atoms in total. The van der Waals surface area contributed by atoms with Crippen molar-refractivity contribution in [2.75, 3.05) is 13.2 Å². The number of benzene rings is 2. The van der Waals surface area contributed by atoms with Gasteiger partial charge < -0.3 is 15.0 Å². The molecule has 2 aromatic carbocycles. The topological polar surface area (TPSA) is 67.0 Å². The summed E-state index contributed by atoms with van der Waals surface area (Å²) < 4.78 is 5.59. The maximum atomic E-state index is 12.0. The molecule has 4 rings (SSSR count). The highest BCUT2D eigenvalue weighted by Crippen LogP contribution is 2.19. The molecule has 2 heterocycles. The van der Waals surface area contributed by atoms with Crippen molar-refractivity contribution in [1.29, 1.82) is 0 Å². The number of hydrogen-bond donors (Lipinski definition) is 2. The van der Waals surface area contributed by atoms with Crippen molar-refractivity contribution in [3.8, 4) is 5.75 Å². The van der Waals surface area contributed by atoms with Crippen molar-refractivity contribution >= 4 is 27.7 Å². The summed E-state index contributed by atoms with van der Waals surface area (Å²) in [4.78, 5) is 19.5. The molecule has 0 aliphatic heterocycles. The lowest BCUT2D eigenvalue weighted by Crippen LogP contribution is -2.30. The average molecular weight is 345 g/mol. The van der Waals surface area contributed by atoms with Gasteiger partial charge in [0.05, 0.1) is 5.52 Å². The smallest absolute Gasteiger partial charge is 0.257 e. The Bertz CT molecular complexity index is 1060. The molecule has 0 unspecified atom stereocenters. The van der Waals surface area contributed by atoms with E-state index in [4.69, 9.17) is 4.74 Å². The number of carbonyl (C=O) groups excluding carboxylic acids is 1. The molecule has 4 aromatic rings. The number of ether oxygens (including phenoxy) is 1. The number of aromatic amines is 1. The lowest BCUT2D eigenvalue weighted by Gasteiger charge is -2.08. The molecule has 1 amide bonds. The van der Waals surface area contributed by atoms with E-state index in [0.29, 0.717) is 12.3 Å². The van der Waals surface area contributed by atoms with E-state index in [0.717, 1.165) is 22.8 Å². The van der Waals surface area contributed by atoms with Gasteiger partial charge >= 0.3 is 0 Å². The molecule has 0 bridgehead atoms. The Labute approximate surface area is 151 Å². The minimum Gasteiger partial charge on any atom is -0.484 e. The highest BCUT2D eigenvalue weighted by atomic mass is 16.5. The zero-order valence-corrected chi connectivity index (χ0v) is 14.2. The van der Waals surface area contributed by atoms with Gasteiger partial charge in [0.15, 0.2) is 6.61 Å². The third-order valence-electron chi connectivity index (χ3n) is 4.34. The van der Waals surface area contributed by atoms with Gasteiger partial charge in [0.25, 0.3) is 5.91 Å². The summed E-state index contributed by atoms with van der Waals surface area (Å²) in [6.07, 6.45) is 4.53. The number of para-hydroxylation sites is 1. The molecule has 5 heteroatoms. The Morgan fingerprint density at radius 1 is 1.12 bits per heavy atom. The van der Waals surface area contributed by atoms with Crippen LogP contribution in [0, 0.1) is 0 Å². The number of fused-ring (bicyclic) bond motifs is 2. The third-order valence-corrected chi connectivity index (χ3v) is 4.34. The summed E-state index contributed by atoms with van der Waals surface area (Å²) in [6.45, 7) is 0.575. The van der Waals surface area contributed by atoms with Crippen LogP contribution in [-0.4, -0.2) is 29.0 Å². The first kappa shape index (κ1) is 16.1. The van der Waals surface area contributed by atoms with Crippen molar-refractivity contribution < 1.29 is 9.53 Å². The van der Waals surface area contributed by atoms with E-state index in [1.54, 1.807) is 6.20 Å². The maximum absolute atomic E-state index is 12.0. The van der Waals surface area contributed by atoms with Gasteiger partial charge in [-0.3, -0.25) is 9.78 Å². The molecule has 0 spiro atoms. The van der Waals surface area contributed by atoms with Gasteiger partial charge in [-0.15, -0.1) is 0 Å². The fraction of sp³-hybridized carbons (Fsp3) is 0.143. The van der Waals surface area contributed by atoms with Crippen LogP contribution in [0.2, 0.25) is 0 Å². The fourth-order valence-corrected chi connectivity index (χ4v) is 3.02. The van der Waals surface area contributed by atoms with E-state index in [1.165, 1.54) is 10.9 Å². The Morgan fingerprint density at radius 2 is 2.04 bits per heavy atom. The standard InChI is InChI=1S/C21H19N3O2/c25-21(14-26-17-7-8-19-15(12-17)4-3-10-22-19)23-11-9-16-13-24-20-6-2-1-5-18(16)20/h1-8,10,12-13,24H,9,11,14H2,(H,23,25). The van der Waals surface area contributed by atoms with Crippen LogP contribution in [-0.2, 0) is 11.2 Å². The highest BCUT2D eigenvalue weighted by Gasteiger charge is 2.06. The van der Waals surface area contributed by atoms with E-state index < -0.39 is 0 Å². The Hall–Kier alpha value is -3.34. The van der Waals surface area contributed by atoms with Crippen LogP contribution in [0.1, 0.15) is 5.56 Å². The largest absolute Gasteiger partial charge is 0.484 e. The molecule has 0 atom stereocenters. The minimum absolute atomic E-state index is 0.000344. The van der Waals surface area contributed by atoms with Crippen molar-refractivity contribution in [3.63, 3.8) is 0 Å². The summed E-state index contributed by atoms with van der Waals surface area (Å²) >= 11 is 0. The molecule has 130 valence electrons. The summed E-state index contributed by atoms with van der Waals surface area (Å²) in [7, 11) is 0. The first-order valence-electron chi connectivity index (χ1n) is 8.59. The Balaban J connectivity index is 1.28. The molecule has 0 aliphatic rings. The average Bonchev–Trinajstić information content (AvgIpc) is 3.09. The summed E-state index contributed by atoms with van der Waals surface area (Å²) in [5, 5.41) is 5.09. The van der Waals surface area contributed by atoms with Crippen molar-refractivity contribution in [2.45, 2.75) is 6.42 Å². The molecule has 26 heavy (non-hydrogen) atoms. The minimum atomic E-state index is -0.129. The number of H-pyrrole nitrogens is 1. The molecule has 0 fully saturated rings. The molecular weight excluding hydrogens is 326 g/mol. The molecule has 0 aliphatic carbocycles. The molecule has 2 N–H and O–H groups in total. The number of hydrogen-bond acceptors (Lipinski definition) is 3. The van der Waals surface area contributed by atoms with Crippen molar-refractivity contribution in [3.05, 3.63) is 72.6 Å². The van der Waals surface area contributed by atoms with Crippen LogP contribution in [0.15, 0.2) is 67.0 Å². The van der Waals surface area contributed by atoms with E-state index >= 15 is 0 Å². The van der Waals surface area contributed by atoms with Crippen LogP contribution in [0.3, 0.4) is 0 Å². The number of amides is 1. The van der Waals surface area contributed by atoms with E-state index in [2.05, 4.69) is 21.4 Å². The van der Waals surface area contributed by atoms with Gasteiger partial charge in [-0.25, -0.2) is 0 Å². The lowest BCUT2D eigenvalue weighted by molar-refractivity contribution is -0.123. The number of pyridine rings is 1. The predicted octanol–water partition coefficient (Wildman–Crippen LogP) is 3.45. The molecular formula is C21H19N3O2. The summed E-state index contributed by atoms with van der Waals surface area (Å²) in [5.41, 5.74) is 3.22. The maximum Gasteiger partial charge on any atom is 0.257 e. The zero-order valence-electron chi connectivity index (χ0n) is 14.2. The number of nitrogens with zero attached hydrogens (tertiary/aromatic N) is 1. The van der Waals surface area contributed by atoms with Gasteiger partial charge in [0, 0.05) is 35.2 Å². The van der Waals surface area contributed by atoms with E-state index in [-0.39, 0.29) is 12.5 Å². The van der Waals surface area contributed by atoms with Gasteiger partial charge in [0.2, 0.25) is 0 Å². The van der Waals surface area contributed by atoms with Crippen LogP contribution in [0.25, 0.3) is 21.8 Å². The second kappa shape index (κ2) is 7.27. The quantitative estimate of drug-likeness (QED) is 0.562. The Kier molecular flexibility index (Phi) is 4.51. The number of carbonyl (C=O) groups is 1. The summed E-state index contributed by atoms with van der Waals surface area (Å²) in [5.74, 6) is 0.536. The molecule has 2 aromatic heterocycles. The summed E-state index contributed by atoms with van der Waals surface area (Å²) in [6, 6.07) is 17.6. The molecule has 0 saturated carbocycles. The zero-order chi connectivity index (χ0) is 17.8. The monoisotopic (exact) mass is 345 g/mol. The van der Waals surface area contributed by atoms with Crippen LogP contribution >= 0.6 is 0 Å². The number of nitrogens with one attached hydrogen (secondary N) is 2. The lowest BCUT2D eigenvalue weighted by atomic mass is 10.1. The van der Waals surface area contributed by atoms with Gasteiger partial charge in [-0.2, -0.15) is 0 Å². The number of aromatic nitrogens is 2. The normalized spacial score (nSPS) is 10.9. The van der Waals surface area contributed by atoms with Gasteiger partial charge in [-0.05, 0) is 42.3 Å². The predicted molar refractivity (Wildman–Crippen MR) is 102 cm³/mol. The molecule has 0 radical (unpaired) electrons. The fourth-order valence-electron chi connectivity index (χ4n) is 3.02. The van der Waals surface area contributed by atoms with Gasteiger partial charge in [0.1, 0.15) is 5.75 Å². The van der Waals surface area contributed by atoms with E-state index in [1.807, 2.05) is 54.7 Å². The van der Waals surface area contributed by atoms with E-state index in [9.17, 15) is 4.79 Å². The van der Waals surface area contributed by atoms with Crippen molar-refractivity contribution in [1.82, 2.24) is 15.3 Å². The second-order valence-electron chi connectivity index (χ2n) is 6.11. The second-order valence-corrected chi connectivity index (χ2v) is 6.11. The highest BCUT2D eigenvalue weighted by molar-refractivity contribution is 5.83. The molecule has 0 saturated heterocycles. The van der Waals surface area contributed by atoms with Crippen LogP contribution in [0.5, 0.6) is 5.75 Å². The van der Waals surface area contributed by atoms with Crippen molar-refractivity contribution in [2.24, 2.45) is 0 Å². The SMILES string of the molecule is O=C(COc1ccc2ncccc2c1)NCCc1c[nH]c2ccccc12. The third kappa shape index (κ3) is 3.52. The Morgan fingerprint density at radius 3 is 3.00 bits per heavy atom. The first-order valence-corrected chi connectivity index (χ1v) is 8.59. The number of rotatable bonds is 6. The van der Waals surface area contributed by atoms with Gasteiger partial charge in [-0.1, -0.05) is 24.3 Å². The van der Waals surface area contributed by atoms with Crippen LogP contribution < -0.4 is 10.1 Å².